The summed E-state index contributed by atoms with van der Waals surface area (Å²) in [6.07, 6.45) is 4.97. The Labute approximate surface area is 158 Å². The summed E-state index contributed by atoms with van der Waals surface area (Å²) in [7, 11) is 0. The molecule has 0 unspecified atom stereocenters. The second-order valence-electron chi connectivity index (χ2n) is 8.14. The van der Waals surface area contributed by atoms with Crippen molar-refractivity contribution in [3.05, 3.63) is 42.5 Å². The summed E-state index contributed by atoms with van der Waals surface area (Å²) < 4.78 is 7.63. The number of benzene rings is 1. The van der Waals surface area contributed by atoms with Gasteiger partial charge in [-0.25, -0.2) is 4.98 Å². The van der Waals surface area contributed by atoms with Crippen molar-refractivity contribution in [2.45, 2.75) is 44.6 Å². The fourth-order valence-corrected chi connectivity index (χ4v) is 3.50. The lowest BCUT2D eigenvalue weighted by Crippen LogP contribution is -2.52. The molecule has 7 heteroatoms. The maximum Gasteiger partial charge on any atom is 0.252 e. The van der Waals surface area contributed by atoms with Gasteiger partial charge in [0.25, 0.3) is 5.91 Å². The van der Waals surface area contributed by atoms with Gasteiger partial charge in [-0.1, -0.05) is 20.8 Å². The Morgan fingerprint density at radius 2 is 2.07 bits per heavy atom. The normalized spacial score (nSPS) is 17.1. The molecule has 0 radical (unpaired) electrons. The first-order valence-corrected chi connectivity index (χ1v) is 9.32. The third-order valence-corrected chi connectivity index (χ3v) is 5.08. The van der Waals surface area contributed by atoms with Crippen LogP contribution < -0.4 is 10.6 Å². The molecule has 0 spiro atoms. The largest absolute Gasteiger partial charge is 0.440 e. The Balaban J connectivity index is 1.63. The maximum atomic E-state index is 13.2. The number of aromatic nitrogens is 3. The van der Waals surface area contributed by atoms with Gasteiger partial charge in [0, 0.05) is 23.5 Å². The van der Waals surface area contributed by atoms with E-state index in [2.05, 4.69) is 41.5 Å². The van der Waals surface area contributed by atoms with Gasteiger partial charge < -0.3 is 15.1 Å². The highest BCUT2D eigenvalue weighted by Gasteiger charge is 2.42. The molecule has 0 bridgehead atoms. The number of anilines is 1. The van der Waals surface area contributed by atoms with Gasteiger partial charge >= 0.3 is 0 Å². The summed E-state index contributed by atoms with van der Waals surface area (Å²) in [6, 6.07) is 7.43. The van der Waals surface area contributed by atoms with E-state index < -0.39 is 5.54 Å². The van der Waals surface area contributed by atoms with Crippen LogP contribution in [-0.4, -0.2) is 33.8 Å². The van der Waals surface area contributed by atoms with Crippen LogP contribution in [0, 0.1) is 0 Å². The first kappa shape index (κ1) is 17.7. The number of hydrogen-bond donors (Lipinski definition) is 2. The minimum absolute atomic E-state index is 0.0495. The number of hydrogen-bond acceptors (Lipinski definition) is 5. The third-order valence-electron chi connectivity index (χ3n) is 5.08. The zero-order chi connectivity index (χ0) is 19.1. The number of fused-ring (bicyclic) bond motifs is 1. The average Bonchev–Trinajstić information content (AvgIpc) is 3.31. The molecule has 0 saturated carbocycles. The third kappa shape index (κ3) is 3.23. The standard InChI is InChI=1S/C20H25N5O2/c1-19(2,3)18-24-15-13-14(5-6-16(15)27-18)23-17(26)20(7-10-21-11-8-20)25-12-4-9-22-25/h4-6,9,12-13,21H,7-8,10-11H2,1-3H3,(H,23,26). The van der Waals surface area contributed by atoms with Crippen LogP contribution in [0.4, 0.5) is 5.69 Å². The van der Waals surface area contributed by atoms with Crippen molar-refractivity contribution in [1.82, 2.24) is 20.1 Å². The Morgan fingerprint density at radius 1 is 1.30 bits per heavy atom. The molecule has 4 rings (SSSR count). The summed E-state index contributed by atoms with van der Waals surface area (Å²) in [6.45, 7) is 7.75. The van der Waals surface area contributed by atoms with Gasteiger partial charge in [0.2, 0.25) is 5.89 Å². The molecule has 2 aromatic heterocycles. The highest BCUT2D eigenvalue weighted by Crippen LogP contribution is 2.30. The quantitative estimate of drug-likeness (QED) is 0.743. The van der Waals surface area contributed by atoms with E-state index in [1.807, 2.05) is 30.5 Å². The van der Waals surface area contributed by atoms with E-state index >= 15 is 0 Å². The number of piperidine rings is 1. The highest BCUT2D eigenvalue weighted by molar-refractivity contribution is 5.98. The van der Waals surface area contributed by atoms with Crippen molar-refractivity contribution in [2.75, 3.05) is 18.4 Å². The lowest BCUT2D eigenvalue weighted by atomic mass is 9.87. The van der Waals surface area contributed by atoms with Crippen LogP contribution >= 0.6 is 0 Å². The van der Waals surface area contributed by atoms with Gasteiger partial charge in [-0.15, -0.1) is 0 Å². The van der Waals surface area contributed by atoms with Crippen molar-refractivity contribution in [2.24, 2.45) is 0 Å². The molecular weight excluding hydrogens is 342 g/mol. The summed E-state index contributed by atoms with van der Waals surface area (Å²) >= 11 is 0. The van der Waals surface area contributed by atoms with Crippen LogP contribution in [0.5, 0.6) is 0 Å². The van der Waals surface area contributed by atoms with Gasteiger partial charge in [-0.2, -0.15) is 5.10 Å². The maximum absolute atomic E-state index is 13.2. The molecule has 27 heavy (non-hydrogen) atoms. The molecule has 1 aromatic carbocycles. The minimum atomic E-state index is -0.676. The lowest BCUT2D eigenvalue weighted by Gasteiger charge is -2.36. The second-order valence-corrected chi connectivity index (χ2v) is 8.14. The molecule has 7 nitrogen and oxygen atoms in total. The predicted molar refractivity (Wildman–Crippen MR) is 104 cm³/mol. The van der Waals surface area contributed by atoms with Crippen molar-refractivity contribution in [3.8, 4) is 0 Å². The number of carbonyl (C=O) groups is 1. The van der Waals surface area contributed by atoms with Crippen LogP contribution in [0.2, 0.25) is 0 Å². The van der Waals surface area contributed by atoms with Crippen molar-refractivity contribution < 1.29 is 9.21 Å². The average molecular weight is 367 g/mol. The van der Waals surface area contributed by atoms with E-state index in [1.165, 1.54) is 0 Å². The van der Waals surface area contributed by atoms with Gasteiger partial charge in [-0.3, -0.25) is 9.48 Å². The van der Waals surface area contributed by atoms with Crippen LogP contribution in [0.3, 0.4) is 0 Å². The zero-order valence-corrected chi connectivity index (χ0v) is 16.0. The fourth-order valence-electron chi connectivity index (χ4n) is 3.50. The van der Waals surface area contributed by atoms with E-state index in [1.54, 1.807) is 10.9 Å². The van der Waals surface area contributed by atoms with Crippen LogP contribution in [-0.2, 0) is 15.7 Å². The van der Waals surface area contributed by atoms with E-state index in [0.29, 0.717) is 24.4 Å². The Kier molecular flexibility index (Phi) is 4.26. The first-order valence-electron chi connectivity index (χ1n) is 9.32. The zero-order valence-electron chi connectivity index (χ0n) is 16.0. The molecule has 3 heterocycles. The molecule has 3 aromatic rings. The SMILES string of the molecule is CC(C)(C)c1nc2cc(NC(=O)C3(n4cccn4)CCNCC3)ccc2o1. The summed E-state index contributed by atoms with van der Waals surface area (Å²) in [5.74, 6) is 0.638. The molecule has 0 atom stereocenters. The molecule has 1 fully saturated rings. The van der Waals surface area contributed by atoms with E-state index in [9.17, 15) is 4.79 Å². The van der Waals surface area contributed by atoms with E-state index in [0.717, 1.165) is 24.2 Å². The number of nitrogens with zero attached hydrogens (tertiary/aromatic N) is 3. The number of nitrogens with one attached hydrogen (secondary N) is 2. The molecule has 2 N–H and O–H groups in total. The lowest BCUT2D eigenvalue weighted by molar-refractivity contribution is -0.126. The molecule has 1 aliphatic heterocycles. The smallest absolute Gasteiger partial charge is 0.252 e. The number of rotatable bonds is 3. The second kappa shape index (κ2) is 6.49. The van der Waals surface area contributed by atoms with Crippen LogP contribution in [0.1, 0.15) is 39.5 Å². The molecule has 1 amide bonds. The summed E-state index contributed by atoms with van der Waals surface area (Å²) in [5.41, 5.74) is 1.34. The fraction of sp³-hybridized carbons (Fsp3) is 0.450. The van der Waals surface area contributed by atoms with Crippen molar-refractivity contribution >= 4 is 22.7 Å². The summed E-state index contributed by atoms with van der Waals surface area (Å²) in [5, 5.41) is 10.7. The Morgan fingerprint density at radius 3 is 2.74 bits per heavy atom. The molecule has 0 aliphatic carbocycles. The minimum Gasteiger partial charge on any atom is -0.440 e. The number of amides is 1. The van der Waals surface area contributed by atoms with Gasteiger partial charge in [0.15, 0.2) is 5.58 Å². The highest BCUT2D eigenvalue weighted by atomic mass is 16.3. The number of carbonyl (C=O) groups excluding carboxylic acids is 1. The van der Waals surface area contributed by atoms with Crippen LogP contribution in [0.25, 0.3) is 11.1 Å². The van der Waals surface area contributed by atoms with Gasteiger partial charge in [0.05, 0.1) is 0 Å². The number of oxazole rings is 1. The predicted octanol–water partition coefficient (Wildman–Crippen LogP) is 3.04. The van der Waals surface area contributed by atoms with E-state index in [4.69, 9.17) is 4.42 Å². The van der Waals surface area contributed by atoms with Crippen molar-refractivity contribution in [1.29, 1.82) is 0 Å². The Hall–Kier alpha value is -2.67. The van der Waals surface area contributed by atoms with Gasteiger partial charge in [0.1, 0.15) is 11.1 Å². The molecule has 1 aliphatic rings. The topological polar surface area (TPSA) is 85.0 Å². The van der Waals surface area contributed by atoms with E-state index in [-0.39, 0.29) is 11.3 Å². The molecule has 1 saturated heterocycles. The summed E-state index contributed by atoms with van der Waals surface area (Å²) in [4.78, 5) is 17.8. The van der Waals surface area contributed by atoms with Crippen LogP contribution in [0.15, 0.2) is 41.1 Å². The monoisotopic (exact) mass is 367 g/mol. The molecule has 142 valence electrons. The Bertz CT molecular complexity index is 947. The molecular formula is C20H25N5O2. The van der Waals surface area contributed by atoms with Crippen molar-refractivity contribution in [3.63, 3.8) is 0 Å². The first-order chi connectivity index (χ1) is 12.9. The van der Waals surface area contributed by atoms with Gasteiger partial charge in [-0.05, 0) is 50.2 Å².